The Labute approximate surface area is 115 Å². The van der Waals surface area contributed by atoms with Gasteiger partial charge in [-0.3, -0.25) is 4.90 Å². The van der Waals surface area contributed by atoms with Crippen molar-refractivity contribution < 1.29 is 9.13 Å². The molecule has 0 bridgehead atoms. The molecule has 0 saturated heterocycles. The minimum absolute atomic E-state index is 0.0428. The maximum absolute atomic E-state index is 13.7. The van der Waals surface area contributed by atoms with Gasteiger partial charge in [0.05, 0.1) is 6.10 Å². The van der Waals surface area contributed by atoms with E-state index in [-0.39, 0.29) is 18.0 Å². The molecule has 108 valence electrons. The van der Waals surface area contributed by atoms with E-state index in [0.29, 0.717) is 13.2 Å². The molecule has 0 aliphatic carbocycles. The van der Waals surface area contributed by atoms with Crippen molar-refractivity contribution in [3.63, 3.8) is 0 Å². The zero-order chi connectivity index (χ0) is 14.3. The Morgan fingerprint density at radius 1 is 1.37 bits per heavy atom. The first-order chi connectivity index (χ1) is 9.10. The van der Waals surface area contributed by atoms with Gasteiger partial charge in [0.2, 0.25) is 0 Å². The molecule has 2 atom stereocenters. The largest absolute Gasteiger partial charge is 0.377 e. The molecule has 4 heteroatoms. The molecule has 1 rings (SSSR count). The van der Waals surface area contributed by atoms with Crippen LogP contribution < -0.4 is 5.73 Å². The van der Waals surface area contributed by atoms with E-state index in [1.165, 1.54) is 6.07 Å². The number of hydrogen-bond acceptors (Lipinski definition) is 3. The van der Waals surface area contributed by atoms with Crippen molar-refractivity contribution in [1.82, 2.24) is 4.90 Å². The van der Waals surface area contributed by atoms with Gasteiger partial charge >= 0.3 is 0 Å². The van der Waals surface area contributed by atoms with Gasteiger partial charge in [0.15, 0.2) is 0 Å². The highest BCUT2D eigenvalue weighted by molar-refractivity contribution is 5.20. The van der Waals surface area contributed by atoms with Gasteiger partial charge in [-0.1, -0.05) is 18.2 Å². The third-order valence-electron chi connectivity index (χ3n) is 3.49. The first kappa shape index (κ1) is 16.1. The minimum Gasteiger partial charge on any atom is -0.377 e. The van der Waals surface area contributed by atoms with Crippen LogP contribution >= 0.6 is 0 Å². The van der Waals surface area contributed by atoms with Crippen LogP contribution in [0.1, 0.15) is 31.9 Å². The summed E-state index contributed by atoms with van der Waals surface area (Å²) >= 11 is 0. The molecule has 0 amide bonds. The van der Waals surface area contributed by atoms with Gasteiger partial charge < -0.3 is 10.5 Å². The first-order valence-electron chi connectivity index (χ1n) is 6.86. The second-order valence-electron chi connectivity index (χ2n) is 4.78. The van der Waals surface area contributed by atoms with Crippen molar-refractivity contribution in [1.29, 1.82) is 0 Å². The lowest BCUT2D eigenvalue weighted by Gasteiger charge is -2.27. The Morgan fingerprint density at radius 3 is 2.63 bits per heavy atom. The molecule has 0 aliphatic rings. The lowest BCUT2D eigenvalue weighted by molar-refractivity contribution is 0.0534. The molecule has 0 aromatic heterocycles. The van der Waals surface area contributed by atoms with Crippen LogP contribution in [0.2, 0.25) is 0 Å². The summed E-state index contributed by atoms with van der Waals surface area (Å²) in [5.74, 6) is -0.151. The minimum atomic E-state index is -0.151. The highest BCUT2D eigenvalue weighted by Gasteiger charge is 2.16. The summed E-state index contributed by atoms with van der Waals surface area (Å²) in [6, 6.07) is 6.96. The molecule has 0 spiro atoms. The highest BCUT2D eigenvalue weighted by atomic mass is 19.1. The maximum atomic E-state index is 13.7. The summed E-state index contributed by atoms with van der Waals surface area (Å²) in [6.07, 6.45) is 0.944. The second kappa shape index (κ2) is 8.25. The third kappa shape index (κ3) is 4.90. The molecule has 19 heavy (non-hydrogen) atoms. The van der Waals surface area contributed by atoms with Gasteiger partial charge in [-0.05, 0) is 33.4 Å². The number of rotatable bonds is 8. The topological polar surface area (TPSA) is 38.5 Å². The normalized spacial score (nSPS) is 14.6. The maximum Gasteiger partial charge on any atom is 0.127 e. The van der Waals surface area contributed by atoms with Crippen molar-refractivity contribution >= 4 is 0 Å². The van der Waals surface area contributed by atoms with E-state index in [1.54, 1.807) is 6.07 Å². The van der Waals surface area contributed by atoms with E-state index in [4.69, 9.17) is 10.5 Å². The number of nitrogens with zero attached hydrogens (tertiary/aromatic N) is 1. The van der Waals surface area contributed by atoms with Gasteiger partial charge in [-0.2, -0.15) is 0 Å². The van der Waals surface area contributed by atoms with Crippen molar-refractivity contribution in [2.75, 3.05) is 26.7 Å². The average molecular weight is 268 g/mol. The van der Waals surface area contributed by atoms with Crippen LogP contribution in [0.4, 0.5) is 4.39 Å². The fourth-order valence-electron chi connectivity index (χ4n) is 2.10. The molecular weight excluding hydrogens is 243 g/mol. The molecule has 2 N–H and O–H groups in total. The number of hydrogen-bond donors (Lipinski definition) is 1. The number of benzene rings is 1. The Kier molecular flexibility index (Phi) is 6.99. The van der Waals surface area contributed by atoms with E-state index in [9.17, 15) is 4.39 Å². The third-order valence-corrected chi connectivity index (χ3v) is 3.49. The predicted molar refractivity (Wildman–Crippen MR) is 76.5 cm³/mol. The molecule has 0 saturated carbocycles. The molecule has 0 aliphatic heterocycles. The van der Waals surface area contributed by atoms with Crippen molar-refractivity contribution in [3.8, 4) is 0 Å². The van der Waals surface area contributed by atoms with Gasteiger partial charge in [0, 0.05) is 31.3 Å². The smallest absolute Gasteiger partial charge is 0.127 e. The van der Waals surface area contributed by atoms with Gasteiger partial charge in [0.25, 0.3) is 0 Å². The fraction of sp³-hybridized carbons (Fsp3) is 0.600. The molecule has 2 unspecified atom stereocenters. The standard InChI is InChI=1S/C15H25FN2O/c1-4-19-13(11-17)9-10-18(3)12(2)14-7-5-6-8-15(14)16/h5-8,12-13H,4,9-11,17H2,1-3H3. The van der Waals surface area contributed by atoms with Crippen molar-refractivity contribution in [2.45, 2.75) is 32.4 Å². The van der Waals surface area contributed by atoms with E-state index >= 15 is 0 Å². The number of nitrogens with two attached hydrogens (primary N) is 1. The van der Waals surface area contributed by atoms with E-state index < -0.39 is 0 Å². The number of halogens is 1. The second-order valence-corrected chi connectivity index (χ2v) is 4.78. The molecule has 0 radical (unpaired) electrons. The lowest BCUT2D eigenvalue weighted by Crippen LogP contribution is -2.31. The summed E-state index contributed by atoms with van der Waals surface area (Å²) in [7, 11) is 2.00. The van der Waals surface area contributed by atoms with Gasteiger partial charge in [-0.15, -0.1) is 0 Å². The lowest BCUT2D eigenvalue weighted by atomic mass is 10.1. The quantitative estimate of drug-likeness (QED) is 0.787. The molecule has 0 fully saturated rings. The van der Waals surface area contributed by atoms with Gasteiger partial charge in [-0.25, -0.2) is 4.39 Å². The Balaban J connectivity index is 2.53. The summed E-state index contributed by atoms with van der Waals surface area (Å²) in [5, 5.41) is 0. The molecular formula is C15H25FN2O. The van der Waals surface area contributed by atoms with Crippen LogP contribution in [0.25, 0.3) is 0 Å². The highest BCUT2D eigenvalue weighted by Crippen LogP contribution is 2.21. The van der Waals surface area contributed by atoms with Crippen LogP contribution in [-0.4, -0.2) is 37.7 Å². The Morgan fingerprint density at radius 2 is 2.05 bits per heavy atom. The fourth-order valence-corrected chi connectivity index (χ4v) is 2.10. The van der Waals surface area contributed by atoms with E-state index in [1.807, 2.05) is 33.0 Å². The van der Waals surface area contributed by atoms with Crippen molar-refractivity contribution in [3.05, 3.63) is 35.6 Å². The van der Waals surface area contributed by atoms with E-state index in [0.717, 1.165) is 18.5 Å². The monoisotopic (exact) mass is 268 g/mol. The molecule has 0 heterocycles. The summed E-state index contributed by atoms with van der Waals surface area (Å²) < 4.78 is 19.2. The number of ether oxygens (including phenoxy) is 1. The summed E-state index contributed by atoms with van der Waals surface area (Å²) in [5.41, 5.74) is 6.38. The van der Waals surface area contributed by atoms with Crippen molar-refractivity contribution in [2.24, 2.45) is 5.73 Å². The predicted octanol–water partition coefficient (Wildman–Crippen LogP) is 2.57. The summed E-state index contributed by atoms with van der Waals surface area (Å²) in [6.45, 7) is 6.01. The van der Waals surface area contributed by atoms with Crippen LogP contribution in [-0.2, 0) is 4.74 Å². The average Bonchev–Trinajstić information content (AvgIpc) is 2.42. The van der Waals surface area contributed by atoms with E-state index in [2.05, 4.69) is 4.90 Å². The molecule has 3 nitrogen and oxygen atoms in total. The summed E-state index contributed by atoms with van der Waals surface area (Å²) in [4.78, 5) is 2.13. The zero-order valence-electron chi connectivity index (χ0n) is 12.1. The Bertz CT molecular complexity index is 373. The van der Waals surface area contributed by atoms with Crippen LogP contribution in [0.5, 0.6) is 0 Å². The first-order valence-corrected chi connectivity index (χ1v) is 6.86. The van der Waals surface area contributed by atoms with Crippen LogP contribution in [0.15, 0.2) is 24.3 Å². The zero-order valence-corrected chi connectivity index (χ0v) is 12.1. The molecule has 1 aromatic carbocycles. The Hall–Kier alpha value is -0.970. The SMILES string of the molecule is CCOC(CN)CCN(C)C(C)c1ccccc1F. The van der Waals surface area contributed by atoms with Crippen LogP contribution in [0.3, 0.4) is 0 Å². The van der Waals surface area contributed by atoms with Gasteiger partial charge in [0.1, 0.15) is 5.82 Å². The molecule has 1 aromatic rings. The van der Waals surface area contributed by atoms with Crippen LogP contribution in [0, 0.1) is 5.82 Å².